The number of halogens is 1. The second-order valence-electron chi connectivity index (χ2n) is 4.88. The number of Topliss-reactive ketones (excluding diaryl/α,β-unsaturated/α-hetero) is 1. The summed E-state index contributed by atoms with van der Waals surface area (Å²) in [5.74, 6) is -0.473. The normalized spacial score (nSPS) is 10.6. The van der Waals surface area contributed by atoms with Crippen LogP contribution >= 0.6 is 0 Å². The molecule has 0 aliphatic carbocycles. The van der Waals surface area contributed by atoms with Crippen molar-refractivity contribution < 1.29 is 14.3 Å². The van der Waals surface area contributed by atoms with Gasteiger partial charge in [0, 0.05) is 31.5 Å². The summed E-state index contributed by atoms with van der Waals surface area (Å²) in [4.78, 5) is 13.6. The van der Waals surface area contributed by atoms with Crippen molar-refractivity contribution >= 4 is 11.5 Å². The predicted octanol–water partition coefficient (Wildman–Crippen LogP) is 2.94. The molecule has 3 nitrogen and oxygen atoms in total. The van der Waals surface area contributed by atoms with Crippen LogP contribution in [0.4, 0.5) is 10.1 Å². The van der Waals surface area contributed by atoms with Crippen LogP contribution in [0.15, 0.2) is 12.1 Å². The maximum absolute atomic E-state index is 13.5. The molecule has 0 unspecified atom stereocenters. The first-order valence-corrected chi connectivity index (χ1v) is 6.60. The van der Waals surface area contributed by atoms with Crippen molar-refractivity contribution in [3.05, 3.63) is 29.1 Å². The minimum Gasteiger partial charge on any atom is -0.396 e. The molecule has 106 valence electrons. The van der Waals surface area contributed by atoms with Gasteiger partial charge in [0.1, 0.15) is 5.82 Å². The predicted molar refractivity (Wildman–Crippen MR) is 75.3 cm³/mol. The second-order valence-corrected chi connectivity index (χ2v) is 4.88. The van der Waals surface area contributed by atoms with Crippen LogP contribution in [0.2, 0.25) is 0 Å². The monoisotopic (exact) mass is 267 g/mol. The van der Waals surface area contributed by atoms with Crippen molar-refractivity contribution in [3.8, 4) is 0 Å². The van der Waals surface area contributed by atoms with Crippen molar-refractivity contribution in [2.45, 2.75) is 33.1 Å². The van der Waals surface area contributed by atoms with E-state index in [0.717, 1.165) is 31.5 Å². The minimum atomic E-state index is -0.345. The lowest BCUT2D eigenvalue weighted by Gasteiger charge is -2.22. The Morgan fingerprint density at radius 1 is 1.32 bits per heavy atom. The molecule has 1 N–H and O–H groups in total. The molecule has 0 spiro atoms. The van der Waals surface area contributed by atoms with Crippen LogP contribution in [0.5, 0.6) is 0 Å². The Bertz CT molecular complexity index is 446. The fourth-order valence-corrected chi connectivity index (χ4v) is 2.02. The third-order valence-corrected chi connectivity index (χ3v) is 3.22. The van der Waals surface area contributed by atoms with Gasteiger partial charge >= 0.3 is 0 Å². The van der Waals surface area contributed by atoms with Gasteiger partial charge in [-0.3, -0.25) is 4.79 Å². The Hall–Kier alpha value is -1.42. The zero-order chi connectivity index (χ0) is 14.4. The molecule has 1 aromatic carbocycles. The number of rotatable bonds is 7. The number of aryl methyl sites for hydroxylation is 1. The van der Waals surface area contributed by atoms with Gasteiger partial charge in [-0.05, 0) is 50.8 Å². The lowest BCUT2D eigenvalue weighted by Crippen LogP contribution is -2.21. The van der Waals surface area contributed by atoms with Crippen LogP contribution in [0.25, 0.3) is 0 Å². The molecule has 0 amide bonds. The molecule has 19 heavy (non-hydrogen) atoms. The highest BCUT2D eigenvalue weighted by atomic mass is 19.1. The maximum atomic E-state index is 13.5. The van der Waals surface area contributed by atoms with Gasteiger partial charge in [0.05, 0.1) is 0 Å². The minimum absolute atomic E-state index is 0.129. The first-order chi connectivity index (χ1) is 8.97. The summed E-state index contributed by atoms with van der Waals surface area (Å²) in [7, 11) is 1.90. The van der Waals surface area contributed by atoms with Gasteiger partial charge in [-0.25, -0.2) is 4.39 Å². The average molecular weight is 267 g/mol. The molecule has 0 bridgehead atoms. The summed E-state index contributed by atoms with van der Waals surface area (Å²) >= 11 is 0. The molecule has 0 aromatic heterocycles. The molecule has 0 saturated heterocycles. The van der Waals surface area contributed by atoms with Gasteiger partial charge < -0.3 is 10.0 Å². The van der Waals surface area contributed by atoms with Crippen molar-refractivity contribution in [1.29, 1.82) is 0 Å². The Kier molecular flexibility index (Phi) is 5.96. The molecule has 0 aliphatic rings. The van der Waals surface area contributed by atoms with Gasteiger partial charge in [0.15, 0.2) is 5.78 Å². The van der Waals surface area contributed by atoms with Crippen LogP contribution in [0.3, 0.4) is 0 Å². The average Bonchev–Trinajstić information content (AvgIpc) is 2.36. The summed E-state index contributed by atoms with van der Waals surface area (Å²) in [6.45, 7) is 4.14. The number of anilines is 1. The van der Waals surface area contributed by atoms with E-state index in [1.807, 2.05) is 11.9 Å². The molecule has 0 atom stereocenters. The van der Waals surface area contributed by atoms with Gasteiger partial charge in [0.25, 0.3) is 0 Å². The van der Waals surface area contributed by atoms with E-state index in [-0.39, 0.29) is 18.2 Å². The summed E-state index contributed by atoms with van der Waals surface area (Å²) in [5, 5.41) is 8.73. The second kappa shape index (κ2) is 7.24. The number of aliphatic hydroxyl groups is 1. The standard InChI is InChI=1S/C15H22FNO2/c1-11-9-15(13(12(2)19)10-14(11)16)17(3)7-5-4-6-8-18/h9-10,18H,4-8H2,1-3H3. The van der Waals surface area contributed by atoms with Crippen molar-refractivity contribution in [3.63, 3.8) is 0 Å². The van der Waals surface area contributed by atoms with E-state index >= 15 is 0 Å². The molecule has 4 heteroatoms. The van der Waals surface area contributed by atoms with Gasteiger partial charge in [-0.15, -0.1) is 0 Å². The highest BCUT2D eigenvalue weighted by molar-refractivity contribution is 5.99. The number of carbonyl (C=O) groups is 1. The molecule has 0 aliphatic heterocycles. The third-order valence-electron chi connectivity index (χ3n) is 3.22. The van der Waals surface area contributed by atoms with Gasteiger partial charge in [0.2, 0.25) is 0 Å². The van der Waals surface area contributed by atoms with E-state index in [0.29, 0.717) is 11.1 Å². The van der Waals surface area contributed by atoms with E-state index in [1.54, 1.807) is 13.0 Å². The van der Waals surface area contributed by atoms with Crippen molar-refractivity contribution in [1.82, 2.24) is 0 Å². The molecule has 1 aromatic rings. The number of hydrogen-bond donors (Lipinski definition) is 1. The molecular formula is C15H22FNO2. The Morgan fingerprint density at radius 3 is 2.58 bits per heavy atom. The quantitative estimate of drug-likeness (QED) is 0.610. The van der Waals surface area contributed by atoms with E-state index in [1.165, 1.54) is 13.0 Å². The van der Waals surface area contributed by atoms with Crippen molar-refractivity contribution in [2.24, 2.45) is 0 Å². The number of nitrogens with zero attached hydrogens (tertiary/aromatic N) is 1. The number of benzene rings is 1. The molecule has 1 rings (SSSR count). The van der Waals surface area contributed by atoms with Crippen LogP contribution in [0, 0.1) is 12.7 Å². The fourth-order valence-electron chi connectivity index (χ4n) is 2.02. The number of hydrogen-bond acceptors (Lipinski definition) is 3. The first-order valence-electron chi connectivity index (χ1n) is 6.60. The van der Waals surface area contributed by atoms with E-state index in [9.17, 15) is 9.18 Å². The van der Waals surface area contributed by atoms with E-state index in [4.69, 9.17) is 5.11 Å². The first kappa shape index (κ1) is 15.6. The largest absolute Gasteiger partial charge is 0.396 e. The molecule has 0 fully saturated rings. The Labute approximate surface area is 114 Å². The van der Waals surface area contributed by atoms with Gasteiger partial charge in [-0.1, -0.05) is 0 Å². The summed E-state index contributed by atoms with van der Waals surface area (Å²) in [6.07, 6.45) is 2.66. The summed E-state index contributed by atoms with van der Waals surface area (Å²) in [5.41, 5.74) is 1.74. The highest BCUT2D eigenvalue weighted by Gasteiger charge is 2.14. The fraction of sp³-hybridized carbons (Fsp3) is 0.533. The highest BCUT2D eigenvalue weighted by Crippen LogP contribution is 2.24. The SMILES string of the molecule is CC(=O)c1cc(F)c(C)cc1N(C)CCCCCO. The lowest BCUT2D eigenvalue weighted by atomic mass is 10.0. The molecular weight excluding hydrogens is 245 g/mol. The Morgan fingerprint density at radius 2 is 2.00 bits per heavy atom. The lowest BCUT2D eigenvalue weighted by molar-refractivity contribution is 0.101. The zero-order valence-electron chi connectivity index (χ0n) is 11.9. The van der Waals surface area contributed by atoms with Gasteiger partial charge in [-0.2, -0.15) is 0 Å². The van der Waals surface area contributed by atoms with Crippen LogP contribution in [-0.4, -0.2) is 31.1 Å². The smallest absolute Gasteiger partial charge is 0.161 e. The van der Waals surface area contributed by atoms with E-state index < -0.39 is 0 Å². The molecule has 0 saturated carbocycles. The van der Waals surface area contributed by atoms with Crippen LogP contribution in [-0.2, 0) is 0 Å². The molecule has 0 heterocycles. The number of carbonyl (C=O) groups excluding carboxylic acids is 1. The summed E-state index contributed by atoms with van der Waals surface area (Å²) in [6, 6.07) is 3.04. The Balaban J connectivity index is 2.85. The topological polar surface area (TPSA) is 40.5 Å². The van der Waals surface area contributed by atoms with E-state index in [2.05, 4.69) is 0 Å². The maximum Gasteiger partial charge on any atom is 0.161 e. The number of ketones is 1. The third kappa shape index (κ3) is 4.31. The van der Waals surface area contributed by atoms with Crippen molar-refractivity contribution in [2.75, 3.05) is 25.1 Å². The van der Waals surface area contributed by atoms with Crippen LogP contribution in [0.1, 0.15) is 42.1 Å². The zero-order valence-corrected chi connectivity index (χ0v) is 11.9. The number of aliphatic hydroxyl groups excluding tert-OH is 1. The summed E-state index contributed by atoms with van der Waals surface area (Å²) < 4.78 is 13.5. The van der Waals surface area contributed by atoms with Crippen LogP contribution < -0.4 is 4.90 Å². The molecule has 0 radical (unpaired) electrons. The number of unbranched alkanes of at least 4 members (excludes halogenated alkanes) is 2.